The number of thiazole rings is 1. The predicted octanol–water partition coefficient (Wildman–Crippen LogP) is 2.26. The zero-order valence-electron chi connectivity index (χ0n) is 10.00. The van der Waals surface area contributed by atoms with Gasteiger partial charge in [-0.05, 0) is 29.9 Å². The summed E-state index contributed by atoms with van der Waals surface area (Å²) in [6, 6.07) is 2.34. The van der Waals surface area contributed by atoms with Crippen LogP contribution in [0.2, 0.25) is 0 Å². The summed E-state index contributed by atoms with van der Waals surface area (Å²) in [7, 11) is -3.50. The molecule has 0 saturated heterocycles. The molecule has 1 saturated carbocycles. The average Bonchev–Trinajstić information content (AvgIpc) is 2.87. The van der Waals surface area contributed by atoms with Gasteiger partial charge in [0.05, 0.1) is 0 Å². The minimum Gasteiger partial charge on any atom is -0.310 e. The monoisotopic (exact) mass is 315 g/mol. The number of hydrogen-bond acceptors (Lipinski definition) is 6. The first-order valence-corrected chi connectivity index (χ1v) is 9.11. The Morgan fingerprint density at radius 2 is 2.21 bits per heavy atom. The van der Waals surface area contributed by atoms with E-state index in [0.29, 0.717) is 15.4 Å². The largest absolute Gasteiger partial charge is 0.310 e. The fraction of sp³-hybridized carbons (Fsp3) is 0.364. The van der Waals surface area contributed by atoms with Crippen LogP contribution in [-0.2, 0) is 16.6 Å². The maximum atomic E-state index is 12.1. The molecule has 1 aliphatic carbocycles. The Morgan fingerprint density at radius 3 is 2.89 bits per heavy atom. The van der Waals surface area contributed by atoms with E-state index in [1.807, 2.05) is 5.38 Å². The van der Waals surface area contributed by atoms with Gasteiger partial charge in [-0.25, -0.2) is 13.4 Å². The van der Waals surface area contributed by atoms with Crippen LogP contribution in [0.1, 0.15) is 18.4 Å². The summed E-state index contributed by atoms with van der Waals surface area (Å²) in [4.78, 5) is 3.92. The van der Waals surface area contributed by atoms with E-state index < -0.39 is 10.0 Å². The van der Waals surface area contributed by atoms with Crippen LogP contribution >= 0.6 is 22.7 Å². The summed E-state index contributed by atoms with van der Waals surface area (Å²) in [5, 5.41) is 7.37. The Hall–Kier alpha value is -0.960. The summed E-state index contributed by atoms with van der Waals surface area (Å²) in [6.07, 6.45) is 4.02. The predicted molar refractivity (Wildman–Crippen MR) is 77.1 cm³/mol. The van der Waals surface area contributed by atoms with Crippen LogP contribution in [0.4, 0.5) is 5.13 Å². The molecule has 0 unspecified atom stereocenters. The van der Waals surface area contributed by atoms with Crippen molar-refractivity contribution in [2.75, 3.05) is 4.72 Å². The van der Waals surface area contributed by atoms with Crippen molar-refractivity contribution in [3.63, 3.8) is 0 Å². The van der Waals surface area contributed by atoms with Gasteiger partial charge in [0.2, 0.25) is 0 Å². The third-order valence-electron chi connectivity index (χ3n) is 2.72. The van der Waals surface area contributed by atoms with Gasteiger partial charge in [-0.15, -0.1) is 22.7 Å². The van der Waals surface area contributed by atoms with Crippen LogP contribution in [0.3, 0.4) is 0 Å². The van der Waals surface area contributed by atoms with Crippen LogP contribution in [-0.4, -0.2) is 19.4 Å². The Morgan fingerprint density at radius 1 is 1.37 bits per heavy atom. The van der Waals surface area contributed by atoms with Gasteiger partial charge in [-0.2, -0.15) is 0 Å². The molecule has 2 heterocycles. The van der Waals surface area contributed by atoms with E-state index in [9.17, 15) is 8.42 Å². The molecule has 1 fully saturated rings. The van der Waals surface area contributed by atoms with Gasteiger partial charge in [0.1, 0.15) is 4.21 Å². The van der Waals surface area contributed by atoms with Crippen molar-refractivity contribution in [1.29, 1.82) is 0 Å². The molecule has 0 aromatic carbocycles. The average molecular weight is 315 g/mol. The topological polar surface area (TPSA) is 71.1 Å². The third-order valence-corrected chi connectivity index (χ3v) is 6.37. The zero-order chi connectivity index (χ0) is 13.3. The van der Waals surface area contributed by atoms with Crippen molar-refractivity contribution in [1.82, 2.24) is 10.3 Å². The first-order chi connectivity index (χ1) is 9.13. The fourth-order valence-electron chi connectivity index (χ4n) is 1.58. The minimum absolute atomic E-state index is 0.329. The van der Waals surface area contributed by atoms with Gasteiger partial charge in [-0.1, -0.05) is 0 Å². The van der Waals surface area contributed by atoms with Crippen LogP contribution in [0, 0.1) is 0 Å². The second-order valence-electron chi connectivity index (χ2n) is 4.37. The number of anilines is 1. The molecule has 2 aromatic heterocycles. The Labute approximate surface area is 119 Å². The summed E-state index contributed by atoms with van der Waals surface area (Å²) >= 11 is 2.50. The lowest BCUT2D eigenvalue weighted by molar-refractivity contribution is 0.603. The van der Waals surface area contributed by atoms with Crippen molar-refractivity contribution in [3.05, 3.63) is 28.6 Å². The second-order valence-corrected chi connectivity index (χ2v) is 8.09. The lowest BCUT2D eigenvalue weighted by atomic mass is 10.3. The number of thiophene rings is 1. The quantitative estimate of drug-likeness (QED) is 0.858. The first-order valence-electron chi connectivity index (χ1n) is 5.86. The van der Waals surface area contributed by atoms with Crippen LogP contribution in [0.5, 0.6) is 0 Å². The maximum absolute atomic E-state index is 12.1. The van der Waals surface area contributed by atoms with E-state index in [4.69, 9.17) is 0 Å². The van der Waals surface area contributed by atoms with Crippen molar-refractivity contribution >= 4 is 37.8 Å². The van der Waals surface area contributed by atoms with Gasteiger partial charge in [0.25, 0.3) is 10.0 Å². The highest BCUT2D eigenvalue weighted by Crippen LogP contribution is 2.25. The van der Waals surface area contributed by atoms with Gasteiger partial charge in [0, 0.05) is 24.2 Å². The lowest BCUT2D eigenvalue weighted by Gasteiger charge is -2.01. The molecular weight excluding hydrogens is 302 g/mol. The second kappa shape index (κ2) is 5.20. The zero-order valence-corrected chi connectivity index (χ0v) is 12.4. The molecular formula is C11H13N3O2S3. The van der Waals surface area contributed by atoms with Crippen LogP contribution in [0.25, 0.3) is 0 Å². The SMILES string of the molecule is O=S(=O)(Nc1nccs1)c1cc(CNC2CC2)cs1. The molecule has 2 aromatic rings. The van der Waals surface area contributed by atoms with E-state index in [1.165, 1.54) is 35.5 Å². The van der Waals surface area contributed by atoms with Gasteiger partial charge in [0.15, 0.2) is 5.13 Å². The fourth-order valence-corrected chi connectivity index (χ4v) is 4.57. The molecule has 5 nitrogen and oxygen atoms in total. The summed E-state index contributed by atoms with van der Waals surface area (Å²) in [5.74, 6) is 0. The summed E-state index contributed by atoms with van der Waals surface area (Å²) in [6.45, 7) is 0.730. The Balaban J connectivity index is 1.69. The van der Waals surface area contributed by atoms with Crippen molar-refractivity contribution in [2.24, 2.45) is 0 Å². The van der Waals surface area contributed by atoms with E-state index >= 15 is 0 Å². The summed E-state index contributed by atoms with van der Waals surface area (Å²) in [5.41, 5.74) is 1.01. The molecule has 102 valence electrons. The van der Waals surface area contributed by atoms with Crippen molar-refractivity contribution in [2.45, 2.75) is 29.6 Å². The molecule has 2 N–H and O–H groups in total. The molecule has 0 radical (unpaired) electrons. The van der Waals surface area contributed by atoms with Crippen molar-refractivity contribution < 1.29 is 8.42 Å². The molecule has 1 aliphatic rings. The van der Waals surface area contributed by atoms with Crippen LogP contribution < -0.4 is 10.0 Å². The maximum Gasteiger partial charge on any atom is 0.273 e. The molecule has 0 aliphatic heterocycles. The molecule has 0 atom stereocenters. The number of aromatic nitrogens is 1. The standard InChI is InChI=1S/C11H13N3O2S3/c15-19(16,14-11-12-3-4-17-11)10-5-8(7-18-10)6-13-9-1-2-9/h3-5,7,9,13H,1-2,6H2,(H,12,14). The molecule has 0 bridgehead atoms. The number of hydrogen-bond donors (Lipinski definition) is 2. The van der Waals surface area contributed by atoms with Gasteiger partial charge in [-0.3, -0.25) is 4.72 Å². The lowest BCUT2D eigenvalue weighted by Crippen LogP contribution is -2.15. The molecule has 0 amide bonds. The molecule has 0 spiro atoms. The molecule has 8 heteroatoms. The van der Waals surface area contributed by atoms with Crippen molar-refractivity contribution in [3.8, 4) is 0 Å². The van der Waals surface area contributed by atoms with Crippen LogP contribution in [0.15, 0.2) is 27.2 Å². The Kier molecular flexibility index (Phi) is 3.57. The number of nitrogens with zero attached hydrogens (tertiary/aromatic N) is 1. The van der Waals surface area contributed by atoms with E-state index in [2.05, 4.69) is 15.0 Å². The third kappa shape index (κ3) is 3.33. The number of nitrogens with one attached hydrogen (secondary N) is 2. The first kappa shape index (κ1) is 13.0. The van der Waals surface area contributed by atoms with E-state index in [0.717, 1.165) is 12.1 Å². The molecule has 19 heavy (non-hydrogen) atoms. The smallest absolute Gasteiger partial charge is 0.273 e. The Bertz CT molecular complexity index is 645. The number of sulfonamides is 1. The highest BCUT2D eigenvalue weighted by molar-refractivity contribution is 7.94. The minimum atomic E-state index is -3.50. The highest BCUT2D eigenvalue weighted by Gasteiger charge is 2.21. The van der Waals surface area contributed by atoms with Gasteiger partial charge < -0.3 is 5.32 Å². The number of rotatable bonds is 6. The highest BCUT2D eigenvalue weighted by atomic mass is 32.2. The normalized spacial score (nSPS) is 15.6. The van der Waals surface area contributed by atoms with E-state index in [-0.39, 0.29) is 0 Å². The van der Waals surface area contributed by atoms with E-state index in [1.54, 1.807) is 17.6 Å². The molecule has 3 rings (SSSR count). The van der Waals surface area contributed by atoms with Gasteiger partial charge >= 0.3 is 0 Å². The summed E-state index contributed by atoms with van der Waals surface area (Å²) < 4.78 is 27.0.